The number of imide groups is 1. The van der Waals surface area contributed by atoms with Gasteiger partial charge >= 0.3 is 12.0 Å². The predicted octanol–water partition coefficient (Wildman–Crippen LogP) is 2.41. The van der Waals surface area contributed by atoms with E-state index in [2.05, 4.69) is 10.6 Å². The molecule has 0 spiro atoms. The summed E-state index contributed by atoms with van der Waals surface area (Å²) in [6, 6.07) is -0.605. The number of fused-ring (bicyclic) bond motifs is 1. The Kier molecular flexibility index (Phi) is 5.41. The predicted molar refractivity (Wildman–Crippen MR) is 87.7 cm³/mol. The molecule has 7 heteroatoms. The zero-order valence-corrected chi connectivity index (χ0v) is 14.5. The van der Waals surface area contributed by atoms with Crippen molar-refractivity contribution in [2.24, 2.45) is 0 Å². The molecule has 1 aliphatic rings. The number of carbonyl (C=O) groups excluding carboxylic acids is 3. The smallest absolute Gasteiger partial charge is 0.339 e. The van der Waals surface area contributed by atoms with Gasteiger partial charge in [-0.25, -0.2) is 9.59 Å². The maximum absolute atomic E-state index is 12.1. The average molecular weight is 338 g/mol. The third-order valence-corrected chi connectivity index (χ3v) is 4.45. The fraction of sp³-hybridized carbons (Fsp3) is 0.562. The van der Waals surface area contributed by atoms with Gasteiger partial charge in [-0.15, -0.1) is 11.3 Å². The standard InChI is InChI=1S/C16H22N2O4S/c1-16(2,3)18-15(21)17-13(19)8-22-14(20)11-9-23-12-7-5-4-6-10(11)12/h9H,4-8H2,1-3H3,(H2,17,18,19,21). The van der Waals surface area contributed by atoms with E-state index in [9.17, 15) is 14.4 Å². The molecule has 0 radical (unpaired) electrons. The van der Waals surface area contributed by atoms with Crippen LogP contribution in [0.5, 0.6) is 0 Å². The third-order valence-electron chi connectivity index (χ3n) is 3.36. The van der Waals surface area contributed by atoms with Crippen LogP contribution in [-0.4, -0.2) is 30.1 Å². The van der Waals surface area contributed by atoms with E-state index in [1.807, 2.05) is 0 Å². The number of ether oxygens (including phenoxy) is 1. The summed E-state index contributed by atoms with van der Waals surface area (Å²) in [5.41, 5.74) is 1.16. The summed E-state index contributed by atoms with van der Waals surface area (Å²) in [5, 5.41) is 6.53. The molecule has 0 bridgehead atoms. The summed E-state index contributed by atoms with van der Waals surface area (Å²) in [4.78, 5) is 36.5. The molecule has 0 aliphatic heterocycles. The maximum atomic E-state index is 12.1. The summed E-state index contributed by atoms with van der Waals surface area (Å²) in [6.07, 6.45) is 4.09. The van der Waals surface area contributed by atoms with Crippen molar-refractivity contribution in [3.05, 3.63) is 21.4 Å². The van der Waals surface area contributed by atoms with Crippen LogP contribution in [0.3, 0.4) is 0 Å². The summed E-state index contributed by atoms with van der Waals surface area (Å²) < 4.78 is 5.02. The van der Waals surface area contributed by atoms with Gasteiger partial charge in [0.15, 0.2) is 6.61 Å². The molecule has 1 aromatic heterocycles. The zero-order chi connectivity index (χ0) is 17.0. The largest absolute Gasteiger partial charge is 0.452 e. The molecule has 2 rings (SSSR count). The lowest BCUT2D eigenvalue weighted by Gasteiger charge is -2.20. The number of nitrogens with one attached hydrogen (secondary N) is 2. The second-order valence-corrected chi connectivity index (χ2v) is 7.55. The van der Waals surface area contributed by atoms with Gasteiger partial charge in [-0.3, -0.25) is 10.1 Å². The molecule has 1 heterocycles. The lowest BCUT2D eigenvalue weighted by Crippen LogP contribution is -2.49. The van der Waals surface area contributed by atoms with Crippen molar-refractivity contribution in [1.82, 2.24) is 10.6 Å². The van der Waals surface area contributed by atoms with Crippen LogP contribution in [0, 0.1) is 0 Å². The Morgan fingerprint density at radius 2 is 1.91 bits per heavy atom. The first-order valence-electron chi connectivity index (χ1n) is 7.64. The summed E-state index contributed by atoms with van der Waals surface area (Å²) in [5.74, 6) is -1.15. The topological polar surface area (TPSA) is 84.5 Å². The number of aryl methyl sites for hydroxylation is 1. The molecule has 23 heavy (non-hydrogen) atoms. The van der Waals surface area contributed by atoms with Crippen LogP contribution in [0.2, 0.25) is 0 Å². The van der Waals surface area contributed by atoms with Crippen LogP contribution in [0.4, 0.5) is 4.79 Å². The molecule has 0 aromatic carbocycles. The highest BCUT2D eigenvalue weighted by atomic mass is 32.1. The Hall–Kier alpha value is -1.89. The minimum absolute atomic E-state index is 0.448. The van der Waals surface area contributed by atoms with Crippen LogP contribution >= 0.6 is 11.3 Å². The highest BCUT2D eigenvalue weighted by Crippen LogP contribution is 2.30. The molecule has 0 saturated carbocycles. The van der Waals surface area contributed by atoms with E-state index in [0.717, 1.165) is 31.2 Å². The van der Waals surface area contributed by atoms with Crippen molar-refractivity contribution in [3.63, 3.8) is 0 Å². The van der Waals surface area contributed by atoms with Crippen molar-refractivity contribution in [2.75, 3.05) is 6.61 Å². The van der Waals surface area contributed by atoms with Crippen LogP contribution in [-0.2, 0) is 22.4 Å². The molecule has 0 saturated heterocycles. The summed E-state index contributed by atoms with van der Waals surface area (Å²) >= 11 is 1.57. The first-order chi connectivity index (χ1) is 10.8. The number of rotatable bonds is 3. The normalized spacial score (nSPS) is 13.9. The molecular formula is C16H22N2O4S. The maximum Gasteiger partial charge on any atom is 0.339 e. The molecule has 6 nitrogen and oxygen atoms in total. The Bertz CT molecular complexity index is 616. The van der Waals surface area contributed by atoms with Gasteiger partial charge in [0.25, 0.3) is 5.91 Å². The number of hydrogen-bond acceptors (Lipinski definition) is 5. The first-order valence-corrected chi connectivity index (χ1v) is 8.52. The van der Waals surface area contributed by atoms with Gasteiger partial charge in [0.05, 0.1) is 5.56 Å². The molecular weight excluding hydrogens is 316 g/mol. The fourth-order valence-corrected chi connectivity index (χ4v) is 3.52. The number of thiophene rings is 1. The second kappa shape index (κ2) is 7.12. The second-order valence-electron chi connectivity index (χ2n) is 6.59. The lowest BCUT2D eigenvalue weighted by molar-refractivity contribution is -0.123. The van der Waals surface area contributed by atoms with Crippen molar-refractivity contribution in [2.45, 2.75) is 52.0 Å². The van der Waals surface area contributed by atoms with Crippen molar-refractivity contribution in [3.8, 4) is 0 Å². The quantitative estimate of drug-likeness (QED) is 0.829. The number of carbonyl (C=O) groups is 3. The molecule has 126 valence electrons. The molecule has 0 atom stereocenters. The van der Waals surface area contributed by atoms with Crippen LogP contribution in [0.25, 0.3) is 0 Å². The monoisotopic (exact) mass is 338 g/mol. The third kappa shape index (κ3) is 5.06. The molecule has 1 aromatic rings. The molecule has 0 unspecified atom stereocenters. The Balaban J connectivity index is 1.84. The van der Waals surface area contributed by atoms with Gasteiger partial charge in [0.1, 0.15) is 0 Å². The summed E-state index contributed by atoms with van der Waals surface area (Å²) in [6.45, 7) is 4.94. The molecule has 3 amide bonds. The van der Waals surface area contributed by atoms with E-state index in [4.69, 9.17) is 4.74 Å². The van der Waals surface area contributed by atoms with Gasteiger partial charge in [0.2, 0.25) is 0 Å². The number of hydrogen-bond donors (Lipinski definition) is 2. The van der Waals surface area contributed by atoms with E-state index in [1.165, 1.54) is 4.88 Å². The van der Waals surface area contributed by atoms with Crippen molar-refractivity contribution < 1.29 is 19.1 Å². The minimum Gasteiger partial charge on any atom is -0.452 e. The highest BCUT2D eigenvalue weighted by molar-refractivity contribution is 7.10. The van der Waals surface area contributed by atoms with E-state index in [-0.39, 0.29) is 0 Å². The van der Waals surface area contributed by atoms with Gasteiger partial charge in [-0.1, -0.05) is 0 Å². The van der Waals surface area contributed by atoms with Gasteiger partial charge in [-0.05, 0) is 52.0 Å². The SMILES string of the molecule is CC(C)(C)NC(=O)NC(=O)COC(=O)c1csc2c1CCCC2. The minimum atomic E-state index is -0.649. The van der Waals surface area contributed by atoms with Gasteiger partial charge < -0.3 is 10.1 Å². The molecule has 0 fully saturated rings. The first kappa shape index (κ1) is 17.5. The Labute approximate surface area is 139 Å². The van der Waals surface area contributed by atoms with Crippen molar-refractivity contribution in [1.29, 1.82) is 0 Å². The van der Waals surface area contributed by atoms with E-state index in [0.29, 0.717) is 5.56 Å². The number of urea groups is 1. The highest BCUT2D eigenvalue weighted by Gasteiger charge is 2.22. The zero-order valence-electron chi connectivity index (χ0n) is 13.7. The van der Waals surface area contributed by atoms with Crippen LogP contribution < -0.4 is 10.6 Å². The van der Waals surface area contributed by atoms with E-state index < -0.39 is 30.1 Å². The summed E-state index contributed by atoms with van der Waals surface area (Å²) in [7, 11) is 0. The van der Waals surface area contributed by atoms with Crippen LogP contribution in [0.15, 0.2) is 5.38 Å². The van der Waals surface area contributed by atoms with Gasteiger partial charge in [-0.2, -0.15) is 0 Å². The van der Waals surface area contributed by atoms with Crippen LogP contribution in [0.1, 0.15) is 54.4 Å². The fourth-order valence-electron chi connectivity index (χ4n) is 2.41. The lowest BCUT2D eigenvalue weighted by atomic mass is 9.96. The molecule has 2 N–H and O–H groups in total. The van der Waals surface area contributed by atoms with E-state index >= 15 is 0 Å². The number of esters is 1. The van der Waals surface area contributed by atoms with Gasteiger partial charge in [0, 0.05) is 15.8 Å². The number of amides is 3. The van der Waals surface area contributed by atoms with Crippen molar-refractivity contribution >= 4 is 29.2 Å². The Morgan fingerprint density at radius 1 is 1.22 bits per heavy atom. The van der Waals surface area contributed by atoms with E-state index in [1.54, 1.807) is 37.5 Å². The molecule has 1 aliphatic carbocycles. The average Bonchev–Trinajstić information content (AvgIpc) is 2.86. The Morgan fingerprint density at radius 3 is 2.61 bits per heavy atom.